The smallest absolute Gasteiger partial charge is 0.0522 e. The zero-order chi connectivity index (χ0) is 12.0. The molecule has 2 nitrogen and oxygen atoms in total. The summed E-state index contributed by atoms with van der Waals surface area (Å²) in [4.78, 5) is 0. The topological polar surface area (TPSA) is 18.5 Å². The molecule has 0 saturated carbocycles. The summed E-state index contributed by atoms with van der Waals surface area (Å²) in [5.74, 6) is 1.26. The van der Waals surface area contributed by atoms with Crippen LogP contribution in [0.5, 0.6) is 0 Å². The fraction of sp³-hybridized carbons (Fsp3) is 0.857. The standard InChI is InChI=1S/C14H26O2/c1-11(2)15-9-14(10-16-12(3)4)13-7-5-6-8-13/h5-6,11-14H,7-10H2,1-4H3. The van der Waals surface area contributed by atoms with Gasteiger partial charge in [0.2, 0.25) is 0 Å². The van der Waals surface area contributed by atoms with Crippen LogP contribution in [-0.4, -0.2) is 25.4 Å². The Morgan fingerprint density at radius 2 is 1.38 bits per heavy atom. The van der Waals surface area contributed by atoms with Gasteiger partial charge < -0.3 is 9.47 Å². The van der Waals surface area contributed by atoms with Crippen LogP contribution in [0.4, 0.5) is 0 Å². The maximum atomic E-state index is 5.74. The summed E-state index contributed by atoms with van der Waals surface area (Å²) in [6.45, 7) is 10.0. The van der Waals surface area contributed by atoms with E-state index in [-0.39, 0.29) is 0 Å². The lowest BCUT2D eigenvalue weighted by molar-refractivity contribution is -0.0203. The molecule has 0 spiro atoms. The average molecular weight is 226 g/mol. The van der Waals surface area contributed by atoms with Crippen LogP contribution >= 0.6 is 0 Å². The first-order valence-electron chi connectivity index (χ1n) is 6.47. The summed E-state index contributed by atoms with van der Waals surface area (Å²) in [5.41, 5.74) is 0. The maximum absolute atomic E-state index is 5.74. The number of hydrogen-bond donors (Lipinski definition) is 0. The monoisotopic (exact) mass is 226 g/mol. The largest absolute Gasteiger partial charge is 0.378 e. The summed E-state index contributed by atoms with van der Waals surface area (Å²) in [6.07, 6.45) is 7.57. The number of rotatable bonds is 7. The quantitative estimate of drug-likeness (QED) is 0.619. The van der Waals surface area contributed by atoms with E-state index in [1.54, 1.807) is 0 Å². The highest BCUT2D eigenvalue weighted by atomic mass is 16.5. The highest BCUT2D eigenvalue weighted by molar-refractivity contribution is 4.96. The molecule has 0 unspecified atom stereocenters. The maximum Gasteiger partial charge on any atom is 0.0522 e. The lowest BCUT2D eigenvalue weighted by Crippen LogP contribution is -2.26. The third-order valence-electron chi connectivity index (χ3n) is 3.00. The van der Waals surface area contributed by atoms with Gasteiger partial charge in [0.15, 0.2) is 0 Å². The summed E-state index contributed by atoms with van der Waals surface area (Å²) in [5, 5.41) is 0. The van der Waals surface area contributed by atoms with Crippen molar-refractivity contribution in [1.82, 2.24) is 0 Å². The van der Waals surface area contributed by atoms with Crippen molar-refractivity contribution >= 4 is 0 Å². The molecule has 94 valence electrons. The summed E-state index contributed by atoms with van der Waals surface area (Å²) >= 11 is 0. The van der Waals surface area contributed by atoms with Crippen LogP contribution in [0.2, 0.25) is 0 Å². The Kier molecular flexibility index (Phi) is 6.07. The first-order chi connectivity index (χ1) is 7.59. The molecule has 0 atom stereocenters. The Bertz CT molecular complexity index is 189. The lowest BCUT2D eigenvalue weighted by atomic mass is 9.91. The fourth-order valence-corrected chi connectivity index (χ4v) is 1.98. The van der Waals surface area contributed by atoms with E-state index in [1.807, 2.05) is 0 Å². The highest BCUT2D eigenvalue weighted by Gasteiger charge is 2.23. The van der Waals surface area contributed by atoms with Crippen molar-refractivity contribution in [3.8, 4) is 0 Å². The van der Waals surface area contributed by atoms with Crippen LogP contribution in [0.1, 0.15) is 40.5 Å². The van der Waals surface area contributed by atoms with Gasteiger partial charge in [-0.1, -0.05) is 12.2 Å². The molecule has 2 heteroatoms. The second-order valence-corrected chi connectivity index (χ2v) is 5.23. The normalized spacial score (nSPS) is 17.2. The third-order valence-corrected chi connectivity index (χ3v) is 3.00. The van der Waals surface area contributed by atoms with Crippen molar-refractivity contribution < 1.29 is 9.47 Å². The van der Waals surface area contributed by atoms with Crippen LogP contribution in [0.25, 0.3) is 0 Å². The van der Waals surface area contributed by atoms with E-state index in [0.29, 0.717) is 18.1 Å². The first-order valence-corrected chi connectivity index (χ1v) is 6.47. The van der Waals surface area contributed by atoms with Crippen LogP contribution < -0.4 is 0 Å². The predicted molar refractivity (Wildman–Crippen MR) is 67.5 cm³/mol. The zero-order valence-electron chi connectivity index (χ0n) is 11.1. The van der Waals surface area contributed by atoms with E-state index in [9.17, 15) is 0 Å². The molecular formula is C14H26O2. The molecule has 0 aliphatic heterocycles. The van der Waals surface area contributed by atoms with Gasteiger partial charge in [0.1, 0.15) is 0 Å². The van der Waals surface area contributed by atoms with Gasteiger partial charge >= 0.3 is 0 Å². The van der Waals surface area contributed by atoms with Crippen molar-refractivity contribution in [2.45, 2.75) is 52.7 Å². The zero-order valence-corrected chi connectivity index (χ0v) is 11.1. The van der Waals surface area contributed by atoms with E-state index in [4.69, 9.17) is 9.47 Å². The number of ether oxygens (including phenoxy) is 2. The highest BCUT2D eigenvalue weighted by Crippen LogP contribution is 2.27. The molecule has 0 aromatic carbocycles. The second-order valence-electron chi connectivity index (χ2n) is 5.23. The molecule has 0 bridgehead atoms. The van der Waals surface area contributed by atoms with Crippen molar-refractivity contribution in [3.63, 3.8) is 0 Å². The van der Waals surface area contributed by atoms with Gasteiger partial charge in [0, 0.05) is 5.92 Å². The van der Waals surface area contributed by atoms with Crippen LogP contribution in [0.3, 0.4) is 0 Å². The van der Waals surface area contributed by atoms with Gasteiger partial charge in [-0.15, -0.1) is 0 Å². The van der Waals surface area contributed by atoms with E-state index in [1.165, 1.54) is 12.8 Å². The third kappa shape index (κ3) is 5.13. The minimum atomic E-state index is 0.316. The molecule has 1 aliphatic carbocycles. The van der Waals surface area contributed by atoms with Crippen molar-refractivity contribution in [3.05, 3.63) is 12.2 Å². The summed E-state index contributed by atoms with van der Waals surface area (Å²) in [6, 6.07) is 0. The van der Waals surface area contributed by atoms with E-state index in [0.717, 1.165) is 19.1 Å². The Hall–Kier alpha value is -0.340. The lowest BCUT2D eigenvalue weighted by Gasteiger charge is -2.25. The summed E-state index contributed by atoms with van der Waals surface area (Å²) < 4.78 is 11.5. The molecule has 1 rings (SSSR count). The number of allylic oxidation sites excluding steroid dienone is 2. The molecule has 0 heterocycles. The van der Waals surface area contributed by atoms with Crippen molar-refractivity contribution in [1.29, 1.82) is 0 Å². The number of hydrogen-bond acceptors (Lipinski definition) is 2. The van der Waals surface area contributed by atoms with Crippen molar-refractivity contribution in [2.75, 3.05) is 13.2 Å². The Labute approximate surface area is 100 Å². The van der Waals surface area contributed by atoms with Gasteiger partial charge in [0.25, 0.3) is 0 Å². The molecular weight excluding hydrogens is 200 g/mol. The molecule has 16 heavy (non-hydrogen) atoms. The molecule has 0 aromatic rings. The average Bonchev–Trinajstić information content (AvgIpc) is 2.70. The van der Waals surface area contributed by atoms with Gasteiger partial charge in [-0.25, -0.2) is 0 Å². The van der Waals surface area contributed by atoms with Gasteiger partial charge in [-0.2, -0.15) is 0 Å². The molecule has 0 fully saturated rings. The Balaban J connectivity index is 2.34. The molecule has 0 saturated heterocycles. The molecule has 0 aromatic heterocycles. The first kappa shape index (κ1) is 13.7. The second kappa shape index (κ2) is 7.08. The Morgan fingerprint density at radius 1 is 0.938 bits per heavy atom. The minimum absolute atomic E-state index is 0.316. The van der Waals surface area contributed by atoms with Crippen LogP contribution in [-0.2, 0) is 9.47 Å². The predicted octanol–water partition coefficient (Wildman–Crippen LogP) is 3.42. The molecule has 0 N–H and O–H groups in total. The van der Waals surface area contributed by atoms with Crippen LogP contribution in [0, 0.1) is 11.8 Å². The van der Waals surface area contributed by atoms with Gasteiger partial charge in [0.05, 0.1) is 25.4 Å². The Morgan fingerprint density at radius 3 is 1.75 bits per heavy atom. The van der Waals surface area contributed by atoms with Crippen LogP contribution in [0.15, 0.2) is 12.2 Å². The van der Waals surface area contributed by atoms with E-state index in [2.05, 4.69) is 39.8 Å². The summed E-state index contributed by atoms with van der Waals surface area (Å²) in [7, 11) is 0. The minimum Gasteiger partial charge on any atom is -0.378 e. The van der Waals surface area contributed by atoms with E-state index < -0.39 is 0 Å². The van der Waals surface area contributed by atoms with Gasteiger partial charge in [-0.3, -0.25) is 0 Å². The SMILES string of the molecule is CC(C)OCC(COC(C)C)C1CC=CC1. The molecule has 1 aliphatic rings. The van der Waals surface area contributed by atoms with Crippen molar-refractivity contribution in [2.24, 2.45) is 11.8 Å². The van der Waals surface area contributed by atoms with Gasteiger partial charge in [-0.05, 0) is 46.5 Å². The fourth-order valence-electron chi connectivity index (χ4n) is 1.98. The molecule has 0 radical (unpaired) electrons. The van der Waals surface area contributed by atoms with E-state index >= 15 is 0 Å². The molecule has 0 amide bonds.